The SMILES string of the molecule is O=C(Nc1ccccc1F)c1cnc(Nc2ccc(Cl)cc2Cl)nc1. The molecular weight excluding hydrogens is 366 g/mol. The van der Waals surface area contributed by atoms with Crippen molar-refractivity contribution in [2.75, 3.05) is 10.6 Å². The molecule has 8 heteroatoms. The zero-order chi connectivity index (χ0) is 17.8. The molecule has 2 aromatic carbocycles. The molecule has 0 spiro atoms. The quantitative estimate of drug-likeness (QED) is 0.678. The molecule has 0 bridgehead atoms. The maximum atomic E-state index is 13.6. The van der Waals surface area contributed by atoms with Crippen LogP contribution in [-0.4, -0.2) is 15.9 Å². The van der Waals surface area contributed by atoms with Crippen molar-refractivity contribution < 1.29 is 9.18 Å². The predicted molar refractivity (Wildman–Crippen MR) is 96.1 cm³/mol. The van der Waals surface area contributed by atoms with Crippen LogP contribution in [0.3, 0.4) is 0 Å². The minimum atomic E-state index is -0.521. The van der Waals surface area contributed by atoms with Crippen molar-refractivity contribution in [3.8, 4) is 0 Å². The molecule has 0 saturated heterocycles. The van der Waals surface area contributed by atoms with Crippen LogP contribution in [0.25, 0.3) is 0 Å². The van der Waals surface area contributed by atoms with Gasteiger partial charge in [-0.3, -0.25) is 4.79 Å². The third-order valence-corrected chi connectivity index (χ3v) is 3.76. The number of aromatic nitrogens is 2. The van der Waals surface area contributed by atoms with Gasteiger partial charge in [0.05, 0.1) is 22.0 Å². The van der Waals surface area contributed by atoms with Crippen LogP contribution in [0.2, 0.25) is 10.0 Å². The summed E-state index contributed by atoms with van der Waals surface area (Å²) in [6, 6.07) is 10.8. The first kappa shape index (κ1) is 17.1. The fraction of sp³-hybridized carbons (Fsp3) is 0. The molecule has 0 atom stereocenters. The van der Waals surface area contributed by atoms with Crippen LogP contribution < -0.4 is 10.6 Å². The van der Waals surface area contributed by atoms with Crippen LogP contribution in [0.4, 0.5) is 21.7 Å². The molecule has 3 aromatic rings. The zero-order valence-corrected chi connectivity index (χ0v) is 14.1. The van der Waals surface area contributed by atoms with E-state index < -0.39 is 11.7 Å². The first-order chi connectivity index (χ1) is 12.0. The molecule has 5 nitrogen and oxygen atoms in total. The lowest BCUT2D eigenvalue weighted by Gasteiger charge is -2.08. The number of hydrogen-bond acceptors (Lipinski definition) is 4. The monoisotopic (exact) mass is 376 g/mol. The molecule has 0 aliphatic heterocycles. The van der Waals surface area contributed by atoms with Crippen LogP contribution in [0.5, 0.6) is 0 Å². The van der Waals surface area contributed by atoms with Gasteiger partial charge >= 0.3 is 0 Å². The molecule has 1 amide bonds. The second-order valence-electron chi connectivity index (χ2n) is 4.98. The van der Waals surface area contributed by atoms with Gasteiger partial charge in [0.2, 0.25) is 5.95 Å². The summed E-state index contributed by atoms with van der Waals surface area (Å²) in [4.78, 5) is 20.2. The number of carbonyl (C=O) groups excluding carboxylic acids is 1. The Bertz CT molecular complexity index is 919. The number of rotatable bonds is 4. The number of nitrogens with zero attached hydrogens (tertiary/aromatic N) is 2. The number of halogens is 3. The fourth-order valence-corrected chi connectivity index (χ4v) is 2.43. The molecule has 2 N–H and O–H groups in total. The van der Waals surface area contributed by atoms with Gasteiger partial charge in [-0.2, -0.15) is 0 Å². The van der Waals surface area contributed by atoms with E-state index in [1.807, 2.05) is 0 Å². The minimum Gasteiger partial charge on any atom is -0.323 e. The van der Waals surface area contributed by atoms with Crippen molar-refractivity contribution in [2.45, 2.75) is 0 Å². The summed E-state index contributed by atoms with van der Waals surface area (Å²) >= 11 is 11.9. The second-order valence-corrected chi connectivity index (χ2v) is 5.82. The topological polar surface area (TPSA) is 66.9 Å². The Labute approximate surface area is 152 Å². The largest absolute Gasteiger partial charge is 0.323 e. The van der Waals surface area contributed by atoms with Crippen LogP contribution >= 0.6 is 23.2 Å². The van der Waals surface area contributed by atoms with Crippen LogP contribution in [0.1, 0.15) is 10.4 Å². The Morgan fingerprint density at radius 1 is 1.00 bits per heavy atom. The highest BCUT2D eigenvalue weighted by molar-refractivity contribution is 6.36. The van der Waals surface area contributed by atoms with Gasteiger partial charge in [0.1, 0.15) is 5.82 Å². The fourth-order valence-electron chi connectivity index (χ4n) is 1.98. The highest BCUT2D eigenvalue weighted by atomic mass is 35.5. The van der Waals surface area contributed by atoms with E-state index in [-0.39, 0.29) is 17.2 Å². The van der Waals surface area contributed by atoms with Gasteiger partial charge in [-0.05, 0) is 30.3 Å². The third kappa shape index (κ3) is 4.23. The van der Waals surface area contributed by atoms with E-state index in [9.17, 15) is 9.18 Å². The molecule has 0 saturated carbocycles. The van der Waals surface area contributed by atoms with Crippen molar-refractivity contribution in [3.05, 3.63) is 76.3 Å². The average molecular weight is 377 g/mol. The Morgan fingerprint density at radius 3 is 2.40 bits per heavy atom. The molecule has 0 aliphatic carbocycles. The molecule has 0 fully saturated rings. The van der Waals surface area contributed by atoms with Crippen molar-refractivity contribution in [1.29, 1.82) is 0 Å². The molecule has 0 aliphatic rings. The van der Waals surface area contributed by atoms with Crippen molar-refractivity contribution in [1.82, 2.24) is 9.97 Å². The Balaban J connectivity index is 1.71. The summed E-state index contributed by atoms with van der Waals surface area (Å²) in [7, 11) is 0. The van der Waals surface area contributed by atoms with E-state index in [2.05, 4.69) is 20.6 Å². The van der Waals surface area contributed by atoms with Crippen molar-refractivity contribution in [2.24, 2.45) is 0 Å². The van der Waals surface area contributed by atoms with E-state index in [0.717, 1.165) is 0 Å². The first-order valence-corrected chi connectivity index (χ1v) is 7.88. The average Bonchev–Trinajstić information content (AvgIpc) is 2.60. The van der Waals surface area contributed by atoms with Gasteiger partial charge in [0, 0.05) is 17.4 Å². The summed E-state index contributed by atoms with van der Waals surface area (Å²) in [6.07, 6.45) is 2.66. The highest BCUT2D eigenvalue weighted by Crippen LogP contribution is 2.27. The van der Waals surface area contributed by atoms with E-state index in [0.29, 0.717) is 15.7 Å². The number of benzene rings is 2. The van der Waals surface area contributed by atoms with E-state index in [1.54, 1.807) is 24.3 Å². The van der Waals surface area contributed by atoms with Gasteiger partial charge in [0.25, 0.3) is 5.91 Å². The molecular formula is C17H11Cl2FN4O. The highest BCUT2D eigenvalue weighted by Gasteiger charge is 2.11. The second kappa shape index (κ2) is 7.46. The molecule has 0 unspecified atom stereocenters. The summed E-state index contributed by atoms with van der Waals surface area (Å²) < 4.78 is 13.6. The number of carbonyl (C=O) groups is 1. The number of para-hydroxylation sites is 1. The summed E-state index contributed by atoms with van der Waals surface area (Å²) in [6.45, 7) is 0. The minimum absolute atomic E-state index is 0.0858. The Morgan fingerprint density at radius 2 is 1.72 bits per heavy atom. The Hall–Kier alpha value is -2.70. The van der Waals surface area contributed by atoms with Gasteiger partial charge < -0.3 is 10.6 Å². The molecule has 25 heavy (non-hydrogen) atoms. The lowest BCUT2D eigenvalue weighted by molar-refractivity contribution is 0.102. The molecule has 1 heterocycles. The maximum absolute atomic E-state index is 13.6. The first-order valence-electron chi connectivity index (χ1n) is 7.13. The lowest BCUT2D eigenvalue weighted by atomic mass is 10.2. The Kier molecular flexibility index (Phi) is 5.11. The van der Waals surface area contributed by atoms with Crippen LogP contribution in [0, 0.1) is 5.82 Å². The molecule has 0 radical (unpaired) electrons. The van der Waals surface area contributed by atoms with Crippen LogP contribution in [0.15, 0.2) is 54.9 Å². The van der Waals surface area contributed by atoms with Crippen LogP contribution in [-0.2, 0) is 0 Å². The number of anilines is 3. The molecule has 1 aromatic heterocycles. The van der Waals surface area contributed by atoms with E-state index in [4.69, 9.17) is 23.2 Å². The van der Waals surface area contributed by atoms with E-state index in [1.165, 1.54) is 30.6 Å². The van der Waals surface area contributed by atoms with E-state index >= 15 is 0 Å². The van der Waals surface area contributed by atoms with Gasteiger partial charge in [-0.15, -0.1) is 0 Å². The normalized spacial score (nSPS) is 10.4. The van der Waals surface area contributed by atoms with Gasteiger partial charge in [-0.25, -0.2) is 14.4 Å². The number of nitrogens with one attached hydrogen (secondary N) is 2. The number of amides is 1. The van der Waals surface area contributed by atoms with Gasteiger partial charge in [0.15, 0.2) is 0 Å². The van der Waals surface area contributed by atoms with Crippen molar-refractivity contribution >= 4 is 46.4 Å². The smallest absolute Gasteiger partial charge is 0.258 e. The summed E-state index contributed by atoms with van der Waals surface area (Å²) in [5.41, 5.74) is 0.855. The lowest BCUT2D eigenvalue weighted by Crippen LogP contribution is -2.14. The zero-order valence-electron chi connectivity index (χ0n) is 12.6. The maximum Gasteiger partial charge on any atom is 0.258 e. The number of hydrogen-bond donors (Lipinski definition) is 2. The van der Waals surface area contributed by atoms with Gasteiger partial charge in [-0.1, -0.05) is 35.3 Å². The standard InChI is InChI=1S/C17H11Cl2FN4O/c18-11-5-6-14(12(19)7-11)24-17-21-8-10(9-22-17)16(25)23-15-4-2-1-3-13(15)20/h1-9H,(H,23,25)(H,21,22,24). The third-order valence-electron chi connectivity index (χ3n) is 3.21. The predicted octanol–water partition coefficient (Wildman–Crippen LogP) is 4.92. The molecule has 3 rings (SSSR count). The molecule has 126 valence electrons. The summed E-state index contributed by atoms with van der Waals surface area (Å²) in [5.74, 6) is -0.778. The summed E-state index contributed by atoms with van der Waals surface area (Å²) in [5, 5.41) is 6.31. The van der Waals surface area contributed by atoms with Crippen molar-refractivity contribution in [3.63, 3.8) is 0 Å².